The van der Waals surface area contributed by atoms with Crippen LogP contribution in [0.3, 0.4) is 0 Å². The van der Waals surface area contributed by atoms with Gasteiger partial charge in [-0.05, 0) is 86.8 Å². The highest BCUT2D eigenvalue weighted by Gasteiger charge is 2.33. The number of rotatable bonds is 16. The fourth-order valence-corrected chi connectivity index (χ4v) is 6.62. The Bertz CT molecular complexity index is 1160. The van der Waals surface area contributed by atoms with E-state index in [1.165, 1.54) is 101 Å². The predicted molar refractivity (Wildman–Crippen MR) is 168 cm³/mol. The van der Waals surface area contributed by atoms with E-state index in [0.717, 1.165) is 30.1 Å². The third-order valence-corrected chi connectivity index (χ3v) is 8.95. The van der Waals surface area contributed by atoms with Crippen molar-refractivity contribution < 1.29 is 14.6 Å². The molecule has 1 N–H and O–H groups in total. The van der Waals surface area contributed by atoms with Crippen LogP contribution in [-0.4, -0.2) is 42.9 Å². The monoisotopic (exact) mass is 555 g/mol. The summed E-state index contributed by atoms with van der Waals surface area (Å²) in [6.45, 7) is 5.40. The summed E-state index contributed by atoms with van der Waals surface area (Å²) >= 11 is 0. The normalized spacial score (nSPS) is 18.6. The highest BCUT2D eigenvalue weighted by Crippen LogP contribution is 2.47. The van der Waals surface area contributed by atoms with Crippen molar-refractivity contribution >= 4 is 0 Å². The number of phenolic OH excluding ortho intramolecular Hbond substituents is 1. The average molecular weight is 556 g/mol. The molecule has 1 saturated heterocycles. The lowest BCUT2D eigenvalue weighted by molar-refractivity contribution is 0.248. The molecule has 0 unspecified atom stereocenters. The van der Waals surface area contributed by atoms with Gasteiger partial charge in [-0.25, -0.2) is 0 Å². The molecule has 4 nitrogen and oxygen atoms in total. The number of ether oxygens (including phenoxy) is 2. The van der Waals surface area contributed by atoms with Crippen molar-refractivity contribution in [2.24, 2.45) is 0 Å². The molecule has 220 valence electrons. The van der Waals surface area contributed by atoms with Crippen molar-refractivity contribution in [1.29, 1.82) is 0 Å². The summed E-state index contributed by atoms with van der Waals surface area (Å²) in [5.41, 5.74) is 3.50. The van der Waals surface area contributed by atoms with Crippen LogP contribution in [0.5, 0.6) is 17.2 Å². The molecule has 41 heavy (non-hydrogen) atoms. The Kier molecular flexibility index (Phi) is 11.4. The van der Waals surface area contributed by atoms with Crippen molar-refractivity contribution in [2.45, 2.75) is 88.9 Å². The minimum absolute atomic E-state index is 0.109. The standard InChI is InChI=1S/C37H49NO3/c39-32-20-23-36-34(28-32)37(35(29-41-36)30-16-10-9-11-17-30)31-18-21-33(22-19-31)40-27-15-8-6-4-2-1-3-5-7-12-24-38-25-13-14-26-38/h9-11,16-23,28,35,37,39H,1-8,12-15,24-27,29H2/t35-,37+/m1/s1. The summed E-state index contributed by atoms with van der Waals surface area (Å²) in [5.74, 6) is 2.34. The van der Waals surface area contributed by atoms with Gasteiger partial charge in [0.2, 0.25) is 0 Å². The van der Waals surface area contributed by atoms with Gasteiger partial charge in [0.15, 0.2) is 0 Å². The number of hydrogen-bond acceptors (Lipinski definition) is 4. The molecule has 0 amide bonds. The molecular formula is C37H49NO3. The summed E-state index contributed by atoms with van der Waals surface area (Å²) in [4.78, 5) is 2.64. The van der Waals surface area contributed by atoms with Gasteiger partial charge in [0.05, 0.1) is 13.2 Å². The number of benzene rings is 3. The molecule has 0 aromatic heterocycles. The van der Waals surface area contributed by atoms with E-state index in [4.69, 9.17) is 9.47 Å². The quantitative estimate of drug-likeness (QED) is 0.179. The maximum Gasteiger partial charge on any atom is 0.123 e. The van der Waals surface area contributed by atoms with Gasteiger partial charge in [-0.3, -0.25) is 0 Å². The van der Waals surface area contributed by atoms with E-state index < -0.39 is 0 Å². The maximum atomic E-state index is 10.2. The number of nitrogens with zero attached hydrogens (tertiary/aromatic N) is 1. The first-order chi connectivity index (χ1) is 20.3. The molecule has 5 rings (SSSR count). The zero-order valence-electron chi connectivity index (χ0n) is 24.8. The first-order valence-corrected chi connectivity index (χ1v) is 16.2. The van der Waals surface area contributed by atoms with E-state index in [-0.39, 0.29) is 17.6 Å². The Labute approximate surface area is 247 Å². The Morgan fingerprint density at radius 3 is 2.07 bits per heavy atom. The molecule has 0 aliphatic carbocycles. The number of likely N-dealkylation sites (tertiary alicyclic amines) is 1. The van der Waals surface area contributed by atoms with Crippen LogP contribution < -0.4 is 9.47 Å². The molecule has 0 saturated carbocycles. The zero-order chi connectivity index (χ0) is 28.1. The lowest BCUT2D eigenvalue weighted by atomic mass is 9.76. The number of unbranched alkanes of at least 4 members (excludes halogenated alkanes) is 9. The molecule has 0 bridgehead atoms. The molecule has 1 fully saturated rings. The molecular weight excluding hydrogens is 506 g/mol. The Morgan fingerprint density at radius 2 is 1.37 bits per heavy atom. The van der Waals surface area contributed by atoms with Gasteiger partial charge in [-0.15, -0.1) is 0 Å². The third-order valence-electron chi connectivity index (χ3n) is 8.95. The Balaban J connectivity index is 1.00. The molecule has 2 aliphatic rings. The van der Waals surface area contributed by atoms with Gasteiger partial charge in [0, 0.05) is 17.4 Å². The largest absolute Gasteiger partial charge is 0.508 e. The van der Waals surface area contributed by atoms with Gasteiger partial charge in [-0.1, -0.05) is 93.8 Å². The molecule has 4 heteroatoms. The maximum absolute atomic E-state index is 10.2. The Morgan fingerprint density at radius 1 is 0.707 bits per heavy atom. The molecule has 0 spiro atoms. The highest BCUT2D eigenvalue weighted by molar-refractivity contribution is 5.51. The minimum atomic E-state index is 0.109. The number of hydrogen-bond donors (Lipinski definition) is 1. The molecule has 2 heterocycles. The highest BCUT2D eigenvalue weighted by atomic mass is 16.5. The smallest absolute Gasteiger partial charge is 0.123 e. The van der Waals surface area contributed by atoms with Crippen LogP contribution in [0.25, 0.3) is 0 Å². The van der Waals surface area contributed by atoms with Crippen LogP contribution in [0.4, 0.5) is 0 Å². The lowest BCUT2D eigenvalue weighted by Crippen LogP contribution is -2.25. The molecule has 0 radical (unpaired) electrons. The van der Waals surface area contributed by atoms with Crippen molar-refractivity contribution in [2.75, 3.05) is 32.8 Å². The lowest BCUT2D eigenvalue weighted by Gasteiger charge is -2.34. The fourth-order valence-electron chi connectivity index (χ4n) is 6.62. The van der Waals surface area contributed by atoms with Crippen LogP contribution >= 0.6 is 0 Å². The van der Waals surface area contributed by atoms with Crippen LogP contribution in [0.15, 0.2) is 72.8 Å². The molecule has 2 aliphatic heterocycles. The average Bonchev–Trinajstić information content (AvgIpc) is 3.53. The van der Waals surface area contributed by atoms with Crippen molar-refractivity contribution in [3.05, 3.63) is 89.5 Å². The van der Waals surface area contributed by atoms with Crippen molar-refractivity contribution in [3.63, 3.8) is 0 Å². The summed E-state index contributed by atoms with van der Waals surface area (Å²) in [5, 5.41) is 10.2. The summed E-state index contributed by atoms with van der Waals surface area (Å²) in [6, 6.07) is 24.6. The zero-order valence-corrected chi connectivity index (χ0v) is 24.8. The summed E-state index contributed by atoms with van der Waals surface area (Å²) < 4.78 is 12.2. The second kappa shape index (κ2) is 15.9. The number of phenols is 1. The molecule has 3 aromatic carbocycles. The topological polar surface area (TPSA) is 41.9 Å². The second-order valence-electron chi connectivity index (χ2n) is 12.0. The van der Waals surface area contributed by atoms with Crippen LogP contribution in [0, 0.1) is 0 Å². The van der Waals surface area contributed by atoms with Crippen molar-refractivity contribution in [3.8, 4) is 17.2 Å². The SMILES string of the molecule is Oc1ccc2c(c1)[C@H](c1ccc(OCCCCCCCCCCCCN3CCCC3)cc1)[C@@H](c1ccccc1)CO2. The molecule has 2 atom stereocenters. The van der Waals surface area contributed by atoms with Gasteiger partial charge >= 0.3 is 0 Å². The van der Waals surface area contributed by atoms with E-state index in [1.807, 2.05) is 18.2 Å². The number of aromatic hydroxyl groups is 1. The van der Waals surface area contributed by atoms with E-state index in [0.29, 0.717) is 6.61 Å². The fraction of sp³-hybridized carbons (Fsp3) is 0.514. The first kappa shape index (κ1) is 29.5. The van der Waals surface area contributed by atoms with Crippen molar-refractivity contribution in [1.82, 2.24) is 4.90 Å². The van der Waals surface area contributed by atoms with E-state index in [9.17, 15) is 5.11 Å². The van der Waals surface area contributed by atoms with Gasteiger partial charge < -0.3 is 19.5 Å². The first-order valence-electron chi connectivity index (χ1n) is 16.2. The van der Waals surface area contributed by atoms with Gasteiger partial charge in [0.1, 0.15) is 17.2 Å². The predicted octanol–water partition coefficient (Wildman–Crippen LogP) is 9.08. The Hall–Kier alpha value is -2.98. The molecule has 3 aromatic rings. The second-order valence-corrected chi connectivity index (χ2v) is 12.0. The van der Waals surface area contributed by atoms with E-state index in [1.54, 1.807) is 6.07 Å². The van der Waals surface area contributed by atoms with Gasteiger partial charge in [0.25, 0.3) is 0 Å². The number of fused-ring (bicyclic) bond motifs is 1. The van der Waals surface area contributed by atoms with E-state index >= 15 is 0 Å². The van der Waals surface area contributed by atoms with Gasteiger partial charge in [-0.2, -0.15) is 0 Å². The summed E-state index contributed by atoms with van der Waals surface area (Å²) in [6.07, 6.45) is 16.3. The van der Waals surface area contributed by atoms with E-state index in [2.05, 4.69) is 53.4 Å². The van der Waals surface area contributed by atoms with Crippen LogP contribution in [-0.2, 0) is 0 Å². The van der Waals surface area contributed by atoms with Crippen LogP contribution in [0.1, 0.15) is 106 Å². The third kappa shape index (κ3) is 8.75. The minimum Gasteiger partial charge on any atom is -0.508 e. The van der Waals surface area contributed by atoms with Crippen LogP contribution in [0.2, 0.25) is 0 Å². The summed E-state index contributed by atoms with van der Waals surface area (Å²) in [7, 11) is 0.